The van der Waals surface area contributed by atoms with Crippen molar-refractivity contribution in [3.05, 3.63) is 55.7 Å². The zero-order valence-electron chi connectivity index (χ0n) is 11.8. The molecule has 0 spiro atoms. The van der Waals surface area contributed by atoms with Gasteiger partial charge in [0.05, 0.1) is 6.04 Å². The van der Waals surface area contributed by atoms with E-state index in [0.29, 0.717) is 6.04 Å². The van der Waals surface area contributed by atoms with Gasteiger partial charge in [-0.2, -0.15) is 0 Å². The molecule has 106 valence electrons. The third-order valence-electron chi connectivity index (χ3n) is 4.04. The molecule has 1 aromatic heterocycles. The van der Waals surface area contributed by atoms with Crippen LogP contribution in [0.2, 0.25) is 0 Å². The highest BCUT2D eigenvalue weighted by Crippen LogP contribution is 2.34. The first kappa shape index (κ1) is 14.3. The number of nitrogens with one attached hydrogen (secondary N) is 1. The van der Waals surface area contributed by atoms with Crippen LogP contribution in [0.3, 0.4) is 0 Å². The van der Waals surface area contributed by atoms with Gasteiger partial charge in [0.2, 0.25) is 0 Å². The van der Waals surface area contributed by atoms with Gasteiger partial charge in [-0.25, -0.2) is 0 Å². The lowest BCUT2D eigenvalue weighted by Crippen LogP contribution is -2.16. The third kappa shape index (κ3) is 3.00. The van der Waals surface area contributed by atoms with E-state index in [4.69, 9.17) is 0 Å². The highest BCUT2D eigenvalue weighted by Gasteiger charge is 2.18. The van der Waals surface area contributed by atoms with Gasteiger partial charge in [0.1, 0.15) is 0 Å². The molecule has 3 rings (SSSR count). The molecule has 2 aromatic rings. The molecule has 1 N–H and O–H groups in total. The van der Waals surface area contributed by atoms with Crippen molar-refractivity contribution in [2.75, 3.05) is 7.05 Å². The van der Waals surface area contributed by atoms with Crippen LogP contribution in [0.4, 0.5) is 0 Å². The smallest absolute Gasteiger partial charge is 0.0668 e. The molecule has 3 heteroatoms. The maximum absolute atomic E-state index is 3.51. The Balaban J connectivity index is 1.91. The number of hydrogen-bond donors (Lipinski definition) is 1. The number of aryl methyl sites for hydroxylation is 2. The van der Waals surface area contributed by atoms with E-state index >= 15 is 0 Å². The minimum Gasteiger partial charge on any atom is -0.309 e. The number of thiophene rings is 1. The van der Waals surface area contributed by atoms with Crippen LogP contribution in [0.15, 0.2) is 34.8 Å². The minimum atomic E-state index is 0.319. The van der Waals surface area contributed by atoms with Crippen molar-refractivity contribution >= 4 is 27.3 Å². The van der Waals surface area contributed by atoms with Crippen molar-refractivity contribution in [1.29, 1.82) is 0 Å². The fourth-order valence-electron chi connectivity index (χ4n) is 2.96. The summed E-state index contributed by atoms with van der Waals surface area (Å²) in [7, 11) is 2.05. The second kappa shape index (κ2) is 6.42. The highest BCUT2D eigenvalue weighted by molar-refractivity contribution is 9.10. The quantitative estimate of drug-likeness (QED) is 0.761. The van der Waals surface area contributed by atoms with E-state index in [1.807, 2.05) is 11.3 Å². The lowest BCUT2D eigenvalue weighted by molar-refractivity contribution is 0.698. The Labute approximate surface area is 133 Å². The van der Waals surface area contributed by atoms with Crippen molar-refractivity contribution in [2.24, 2.45) is 0 Å². The number of benzene rings is 1. The normalized spacial score (nSPS) is 16.5. The van der Waals surface area contributed by atoms with E-state index in [9.17, 15) is 0 Å². The molecule has 0 fully saturated rings. The number of hydrogen-bond acceptors (Lipinski definition) is 2. The molecule has 0 bridgehead atoms. The molecule has 1 atom stereocenters. The monoisotopic (exact) mass is 349 g/mol. The Kier molecular flexibility index (Phi) is 4.59. The van der Waals surface area contributed by atoms with Crippen molar-refractivity contribution < 1.29 is 0 Å². The first-order valence-electron chi connectivity index (χ1n) is 7.32. The van der Waals surface area contributed by atoms with E-state index in [2.05, 4.69) is 58.6 Å². The Morgan fingerprint density at radius 3 is 2.60 bits per heavy atom. The summed E-state index contributed by atoms with van der Waals surface area (Å²) in [6.07, 6.45) is 6.64. The summed E-state index contributed by atoms with van der Waals surface area (Å²) < 4.78 is 1.14. The maximum atomic E-state index is 3.51. The van der Waals surface area contributed by atoms with Gasteiger partial charge < -0.3 is 5.32 Å². The number of rotatable bonds is 3. The predicted molar refractivity (Wildman–Crippen MR) is 90.6 cm³/mol. The highest BCUT2D eigenvalue weighted by atomic mass is 79.9. The fraction of sp³-hybridized carbons (Fsp3) is 0.412. The van der Waals surface area contributed by atoms with Crippen LogP contribution in [0, 0.1) is 0 Å². The van der Waals surface area contributed by atoms with Gasteiger partial charge in [0.15, 0.2) is 0 Å². The summed E-state index contributed by atoms with van der Waals surface area (Å²) in [5.74, 6) is 0. The van der Waals surface area contributed by atoms with Crippen LogP contribution >= 0.6 is 27.3 Å². The SMILES string of the molecule is CNC(c1ccc(Br)cc1)c1cc2c(s1)CCCCC2. The molecule has 1 aliphatic rings. The first-order valence-corrected chi connectivity index (χ1v) is 8.93. The molecule has 20 heavy (non-hydrogen) atoms. The van der Waals surface area contributed by atoms with Crippen LogP contribution in [-0.4, -0.2) is 7.05 Å². The Bertz CT molecular complexity index is 550. The lowest BCUT2D eigenvalue weighted by Gasteiger charge is -2.15. The van der Waals surface area contributed by atoms with E-state index in [1.165, 1.54) is 42.5 Å². The van der Waals surface area contributed by atoms with Crippen LogP contribution < -0.4 is 5.32 Å². The Morgan fingerprint density at radius 1 is 1.10 bits per heavy atom. The fourth-order valence-corrected chi connectivity index (χ4v) is 4.62. The molecular weight excluding hydrogens is 330 g/mol. The molecule has 1 unspecified atom stereocenters. The van der Waals surface area contributed by atoms with Crippen molar-refractivity contribution in [3.8, 4) is 0 Å². The summed E-state index contributed by atoms with van der Waals surface area (Å²) in [5.41, 5.74) is 2.94. The second-order valence-electron chi connectivity index (χ2n) is 5.43. The maximum Gasteiger partial charge on any atom is 0.0668 e. The van der Waals surface area contributed by atoms with E-state index in [0.717, 1.165) is 4.47 Å². The standard InChI is InChI=1S/C17H20BrNS/c1-19-17(12-7-9-14(18)10-8-12)16-11-13-5-3-2-4-6-15(13)20-16/h7-11,17,19H,2-6H2,1H3. The van der Waals surface area contributed by atoms with Crippen LogP contribution in [0.25, 0.3) is 0 Å². The molecular formula is C17H20BrNS. The Hall–Kier alpha value is -0.640. The van der Waals surface area contributed by atoms with Crippen molar-refractivity contribution in [1.82, 2.24) is 5.32 Å². The van der Waals surface area contributed by atoms with Gasteiger partial charge in [-0.15, -0.1) is 11.3 Å². The van der Waals surface area contributed by atoms with E-state index in [1.54, 1.807) is 10.4 Å². The van der Waals surface area contributed by atoms with Crippen LogP contribution in [0.1, 0.15) is 46.2 Å². The van der Waals surface area contributed by atoms with Gasteiger partial charge >= 0.3 is 0 Å². The van der Waals surface area contributed by atoms with Gasteiger partial charge in [-0.3, -0.25) is 0 Å². The van der Waals surface area contributed by atoms with Crippen LogP contribution in [-0.2, 0) is 12.8 Å². The van der Waals surface area contributed by atoms with E-state index < -0.39 is 0 Å². The van der Waals surface area contributed by atoms with E-state index in [-0.39, 0.29) is 0 Å². The third-order valence-corrected chi connectivity index (χ3v) is 5.87. The molecule has 0 radical (unpaired) electrons. The zero-order valence-corrected chi connectivity index (χ0v) is 14.2. The van der Waals surface area contributed by atoms with Crippen molar-refractivity contribution in [3.63, 3.8) is 0 Å². The molecule has 1 heterocycles. The Morgan fingerprint density at radius 2 is 1.85 bits per heavy atom. The zero-order chi connectivity index (χ0) is 13.9. The minimum absolute atomic E-state index is 0.319. The summed E-state index contributed by atoms with van der Waals surface area (Å²) in [4.78, 5) is 3.08. The summed E-state index contributed by atoms with van der Waals surface area (Å²) >= 11 is 5.52. The molecule has 0 aliphatic heterocycles. The lowest BCUT2D eigenvalue weighted by atomic mass is 10.0. The average molecular weight is 350 g/mol. The largest absolute Gasteiger partial charge is 0.309 e. The predicted octanol–water partition coefficient (Wildman–Crippen LogP) is 5.09. The summed E-state index contributed by atoms with van der Waals surface area (Å²) in [6, 6.07) is 11.4. The van der Waals surface area contributed by atoms with Gasteiger partial charge in [0, 0.05) is 14.2 Å². The average Bonchev–Trinajstić information content (AvgIpc) is 2.72. The number of halogens is 1. The first-order chi connectivity index (χ1) is 9.78. The molecule has 1 aliphatic carbocycles. The molecule has 1 aromatic carbocycles. The number of fused-ring (bicyclic) bond motifs is 1. The second-order valence-corrected chi connectivity index (χ2v) is 7.52. The molecule has 0 saturated heterocycles. The molecule has 0 saturated carbocycles. The molecule has 0 amide bonds. The van der Waals surface area contributed by atoms with Crippen molar-refractivity contribution in [2.45, 2.75) is 38.1 Å². The van der Waals surface area contributed by atoms with Gasteiger partial charge in [-0.1, -0.05) is 34.5 Å². The molecule has 1 nitrogen and oxygen atoms in total. The van der Waals surface area contributed by atoms with Gasteiger partial charge in [-0.05, 0) is 62.1 Å². The van der Waals surface area contributed by atoms with Crippen LogP contribution in [0.5, 0.6) is 0 Å². The topological polar surface area (TPSA) is 12.0 Å². The van der Waals surface area contributed by atoms with Gasteiger partial charge in [0.25, 0.3) is 0 Å². The summed E-state index contributed by atoms with van der Waals surface area (Å²) in [6.45, 7) is 0. The summed E-state index contributed by atoms with van der Waals surface area (Å²) in [5, 5.41) is 3.47.